The van der Waals surface area contributed by atoms with E-state index in [2.05, 4.69) is 4.98 Å². The highest BCUT2D eigenvalue weighted by Crippen LogP contribution is 2.43. The minimum Gasteiger partial charge on any atom is -0.336 e. The topological polar surface area (TPSA) is 57.9 Å². The number of carbonyl (C=O) groups excluding carboxylic acids is 2. The Bertz CT molecular complexity index is 1120. The Hall–Kier alpha value is -2.29. The van der Waals surface area contributed by atoms with Crippen LogP contribution >= 0.6 is 11.6 Å². The monoisotopic (exact) mass is 468 g/mol. The van der Waals surface area contributed by atoms with E-state index in [9.17, 15) is 22.8 Å². The number of imidazole rings is 1. The fraction of sp³-hybridized carbons (Fsp3) is 0.591. The summed E-state index contributed by atoms with van der Waals surface area (Å²) < 4.78 is 42.5. The van der Waals surface area contributed by atoms with Crippen LogP contribution in [0.15, 0.2) is 12.3 Å². The summed E-state index contributed by atoms with van der Waals surface area (Å²) in [6, 6.07) is 1.31. The van der Waals surface area contributed by atoms with E-state index in [-0.39, 0.29) is 35.3 Å². The van der Waals surface area contributed by atoms with E-state index in [1.807, 2.05) is 18.7 Å². The molecule has 0 aromatic carbocycles. The molecule has 3 aliphatic rings. The number of rotatable bonds is 3. The highest BCUT2D eigenvalue weighted by Gasteiger charge is 2.45. The Morgan fingerprint density at radius 2 is 1.91 bits per heavy atom. The predicted octanol–water partition coefficient (Wildman–Crippen LogP) is 4.50. The number of amides is 2. The predicted molar refractivity (Wildman–Crippen MR) is 112 cm³/mol. The molecule has 0 unspecified atom stereocenters. The summed E-state index contributed by atoms with van der Waals surface area (Å²) >= 11 is 6.42. The van der Waals surface area contributed by atoms with Crippen molar-refractivity contribution in [2.45, 2.75) is 69.6 Å². The van der Waals surface area contributed by atoms with E-state index in [1.54, 1.807) is 6.20 Å². The van der Waals surface area contributed by atoms with Crippen LogP contribution in [0, 0.1) is 0 Å². The van der Waals surface area contributed by atoms with Crippen LogP contribution < -0.4 is 0 Å². The number of carbonyl (C=O) groups is 2. The molecule has 3 heterocycles. The van der Waals surface area contributed by atoms with Crippen LogP contribution in [0.25, 0.3) is 5.65 Å². The van der Waals surface area contributed by atoms with Crippen LogP contribution in [0.5, 0.6) is 0 Å². The quantitative estimate of drug-likeness (QED) is 0.666. The molecule has 2 amide bonds. The summed E-state index contributed by atoms with van der Waals surface area (Å²) in [4.78, 5) is 33.4. The molecule has 0 N–H and O–H groups in total. The second-order valence-corrected chi connectivity index (χ2v) is 10.1. The Morgan fingerprint density at radius 1 is 1.22 bits per heavy atom. The number of nitrogens with zero attached hydrogens (tertiary/aromatic N) is 4. The molecule has 2 aromatic rings. The molecule has 2 saturated carbocycles. The van der Waals surface area contributed by atoms with Gasteiger partial charge in [0.25, 0.3) is 5.91 Å². The zero-order valence-corrected chi connectivity index (χ0v) is 18.6. The van der Waals surface area contributed by atoms with E-state index in [0.29, 0.717) is 12.1 Å². The first kappa shape index (κ1) is 21.6. The SMILES string of the molecule is CC1(C)CN(C2CCC2)C(=O)CN1C(=O)c1nc2c(C(F)(F)F)cc(C3CC3)cn2c1Cl. The van der Waals surface area contributed by atoms with Gasteiger partial charge in [-0.1, -0.05) is 11.6 Å². The molecule has 10 heteroatoms. The number of hydrogen-bond donors (Lipinski definition) is 0. The lowest BCUT2D eigenvalue weighted by Gasteiger charge is -2.50. The normalized spacial score (nSPS) is 21.9. The fourth-order valence-electron chi connectivity index (χ4n) is 4.66. The number of halogens is 4. The van der Waals surface area contributed by atoms with Gasteiger partial charge in [0.15, 0.2) is 11.3 Å². The Morgan fingerprint density at radius 3 is 2.47 bits per heavy atom. The van der Waals surface area contributed by atoms with E-state index in [1.165, 1.54) is 4.90 Å². The smallest absolute Gasteiger partial charge is 0.336 e. The van der Waals surface area contributed by atoms with Gasteiger partial charge in [-0.05, 0) is 63.5 Å². The first-order chi connectivity index (χ1) is 15.0. The zero-order valence-electron chi connectivity index (χ0n) is 17.9. The summed E-state index contributed by atoms with van der Waals surface area (Å²) in [6.07, 6.45) is 1.54. The number of aromatic nitrogens is 2. The Labute approximate surface area is 188 Å². The number of hydrogen-bond acceptors (Lipinski definition) is 3. The molecule has 0 radical (unpaired) electrons. The van der Waals surface area contributed by atoms with Crippen LogP contribution in [-0.4, -0.2) is 55.7 Å². The van der Waals surface area contributed by atoms with E-state index < -0.39 is 28.8 Å². The van der Waals surface area contributed by atoms with Gasteiger partial charge in [-0.25, -0.2) is 4.98 Å². The lowest BCUT2D eigenvalue weighted by molar-refractivity contribution is -0.145. The van der Waals surface area contributed by atoms with E-state index in [0.717, 1.165) is 42.6 Å². The van der Waals surface area contributed by atoms with Crippen molar-refractivity contribution in [3.63, 3.8) is 0 Å². The molecule has 0 spiro atoms. The number of alkyl halides is 3. The number of pyridine rings is 1. The molecule has 2 aromatic heterocycles. The molecule has 3 fully saturated rings. The van der Waals surface area contributed by atoms with Crippen LogP contribution in [-0.2, 0) is 11.0 Å². The Kier molecular flexibility index (Phi) is 4.78. The fourth-order valence-corrected chi connectivity index (χ4v) is 4.91. The summed E-state index contributed by atoms with van der Waals surface area (Å²) in [7, 11) is 0. The van der Waals surface area contributed by atoms with Crippen molar-refractivity contribution >= 4 is 29.1 Å². The highest BCUT2D eigenvalue weighted by atomic mass is 35.5. The standard InChI is InChI=1S/C22H24ClF3N4O2/c1-21(2)11-29(14-4-3-5-14)16(31)10-30(21)20(32)17-18(23)28-9-13(12-6-7-12)8-15(19(28)27-17)22(24,25)26/h8-9,12,14H,3-7,10-11H2,1-2H3. The third-order valence-electron chi connectivity index (χ3n) is 6.90. The maximum absolute atomic E-state index is 13.8. The van der Waals surface area contributed by atoms with Gasteiger partial charge in [-0.15, -0.1) is 0 Å². The third kappa shape index (κ3) is 3.45. The first-order valence-corrected chi connectivity index (χ1v) is 11.3. The van der Waals surface area contributed by atoms with Crippen molar-refractivity contribution in [2.24, 2.45) is 0 Å². The van der Waals surface area contributed by atoms with Crippen LogP contribution in [0.2, 0.25) is 5.15 Å². The average Bonchev–Trinajstić information content (AvgIpc) is 3.45. The van der Waals surface area contributed by atoms with Crippen molar-refractivity contribution < 1.29 is 22.8 Å². The van der Waals surface area contributed by atoms with Crippen molar-refractivity contribution in [2.75, 3.05) is 13.1 Å². The summed E-state index contributed by atoms with van der Waals surface area (Å²) in [6.45, 7) is 3.91. The molecule has 2 aliphatic carbocycles. The maximum atomic E-state index is 13.8. The van der Waals surface area contributed by atoms with Crippen LogP contribution in [0.4, 0.5) is 13.2 Å². The molecule has 32 heavy (non-hydrogen) atoms. The van der Waals surface area contributed by atoms with Gasteiger partial charge in [0, 0.05) is 18.8 Å². The molecule has 6 nitrogen and oxygen atoms in total. The molecule has 0 bridgehead atoms. The molecular weight excluding hydrogens is 445 g/mol. The minimum absolute atomic E-state index is 0.0641. The molecular formula is C22H24ClF3N4O2. The van der Waals surface area contributed by atoms with Crippen molar-refractivity contribution in [1.82, 2.24) is 19.2 Å². The average molecular weight is 469 g/mol. The molecule has 0 atom stereocenters. The van der Waals surface area contributed by atoms with Gasteiger partial charge in [0.1, 0.15) is 11.7 Å². The molecule has 1 aliphatic heterocycles. The molecule has 172 valence electrons. The molecule has 1 saturated heterocycles. The summed E-state index contributed by atoms with van der Waals surface area (Å²) in [5, 5.41) is -0.164. The number of fused-ring (bicyclic) bond motifs is 1. The second-order valence-electron chi connectivity index (χ2n) is 9.71. The van der Waals surface area contributed by atoms with Crippen molar-refractivity contribution in [3.8, 4) is 0 Å². The second kappa shape index (κ2) is 7.10. The van der Waals surface area contributed by atoms with Crippen molar-refractivity contribution in [1.29, 1.82) is 0 Å². The van der Waals surface area contributed by atoms with Crippen LogP contribution in [0.3, 0.4) is 0 Å². The largest absolute Gasteiger partial charge is 0.419 e. The lowest BCUT2D eigenvalue weighted by Crippen LogP contribution is -2.65. The Balaban J connectivity index is 1.53. The van der Waals surface area contributed by atoms with Gasteiger partial charge in [-0.2, -0.15) is 13.2 Å². The van der Waals surface area contributed by atoms with Gasteiger partial charge in [0.05, 0.1) is 11.1 Å². The first-order valence-electron chi connectivity index (χ1n) is 10.9. The maximum Gasteiger partial charge on any atom is 0.419 e. The summed E-state index contributed by atoms with van der Waals surface area (Å²) in [5.41, 5.74) is -1.73. The van der Waals surface area contributed by atoms with Crippen molar-refractivity contribution in [3.05, 3.63) is 34.2 Å². The van der Waals surface area contributed by atoms with Gasteiger partial charge >= 0.3 is 6.18 Å². The van der Waals surface area contributed by atoms with Crippen LogP contribution in [0.1, 0.15) is 73.5 Å². The third-order valence-corrected chi connectivity index (χ3v) is 7.26. The van der Waals surface area contributed by atoms with Gasteiger partial charge in [-0.3, -0.25) is 14.0 Å². The van der Waals surface area contributed by atoms with Gasteiger partial charge < -0.3 is 9.80 Å². The highest BCUT2D eigenvalue weighted by molar-refractivity contribution is 6.33. The van der Waals surface area contributed by atoms with Gasteiger partial charge in [0.2, 0.25) is 5.91 Å². The van der Waals surface area contributed by atoms with E-state index in [4.69, 9.17) is 11.6 Å². The minimum atomic E-state index is -4.63. The zero-order chi connectivity index (χ0) is 23.0. The summed E-state index contributed by atoms with van der Waals surface area (Å²) in [5.74, 6) is -0.727. The van der Waals surface area contributed by atoms with E-state index >= 15 is 0 Å². The molecule has 5 rings (SSSR count). The number of piperazine rings is 1. The lowest BCUT2D eigenvalue weighted by atomic mass is 9.88.